The van der Waals surface area contributed by atoms with Gasteiger partial charge < -0.3 is 4.74 Å². The summed E-state index contributed by atoms with van der Waals surface area (Å²) in [6, 6.07) is 23.5. The van der Waals surface area contributed by atoms with E-state index in [1.807, 2.05) is 48.5 Å². The van der Waals surface area contributed by atoms with Crippen LogP contribution in [0.25, 0.3) is 11.6 Å². The van der Waals surface area contributed by atoms with Crippen molar-refractivity contribution >= 4 is 39.2 Å². The van der Waals surface area contributed by atoms with Crippen molar-refractivity contribution in [3.05, 3.63) is 98.5 Å². The number of rotatable bonds is 5. The molecule has 134 valence electrons. The van der Waals surface area contributed by atoms with Gasteiger partial charge in [0.1, 0.15) is 12.4 Å². The number of allylic oxidation sites excluding steroid dienone is 1. The number of ether oxygens (including phenoxy) is 1. The molecule has 3 aromatic rings. The monoisotopic (exact) mass is 437 g/mol. The molecule has 3 rings (SSSR count). The summed E-state index contributed by atoms with van der Waals surface area (Å²) in [6.45, 7) is 2.50. The van der Waals surface area contributed by atoms with Crippen LogP contribution >= 0.6 is 27.5 Å². The molecule has 0 amide bonds. The van der Waals surface area contributed by atoms with E-state index in [2.05, 4.69) is 41.1 Å². The highest BCUT2D eigenvalue weighted by Gasteiger charge is 2.07. The molecule has 0 unspecified atom stereocenters. The highest BCUT2D eigenvalue weighted by atomic mass is 79.9. The Hall–Kier alpha value is -2.54. The lowest BCUT2D eigenvalue weighted by Gasteiger charge is -2.11. The van der Waals surface area contributed by atoms with Gasteiger partial charge in [-0.25, -0.2) is 0 Å². The van der Waals surface area contributed by atoms with E-state index in [0.29, 0.717) is 23.0 Å². The lowest BCUT2D eigenvalue weighted by atomic mass is 10.0. The molecule has 0 N–H and O–H groups in total. The molecular formula is C23H17BrClNO. The normalized spacial score (nSPS) is 11.1. The van der Waals surface area contributed by atoms with Crippen LogP contribution in [0, 0.1) is 18.3 Å². The van der Waals surface area contributed by atoms with Crippen molar-refractivity contribution in [2.75, 3.05) is 0 Å². The van der Waals surface area contributed by atoms with Crippen LogP contribution in [-0.4, -0.2) is 0 Å². The lowest BCUT2D eigenvalue weighted by molar-refractivity contribution is 0.305. The number of nitrogens with zero attached hydrogens (tertiary/aromatic N) is 1. The topological polar surface area (TPSA) is 33.0 Å². The molecule has 0 spiro atoms. The Morgan fingerprint density at radius 1 is 1.07 bits per heavy atom. The third kappa shape index (κ3) is 5.23. The first-order valence-electron chi connectivity index (χ1n) is 8.41. The van der Waals surface area contributed by atoms with Crippen LogP contribution in [0.2, 0.25) is 5.02 Å². The van der Waals surface area contributed by atoms with E-state index >= 15 is 0 Å². The van der Waals surface area contributed by atoms with Crippen molar-refractivity contribution in [3.63, 3.8) is 0 Å². The summed E-state index contributed by atoms with van der Waals surface area (Å²) in [6.07, 6.45) is 1.81. The summed E-state index contributed by atoms with van der Waals surface area (Å²) < 4.78 is 6.96. The van der Waals surface area contributed by atoms with Gasteiger partial charge in [0.25, 0.3) is 0 Å². The summed E-state index contributed by atoms with van der Waals surface area (Å²) in [5, 5.41) is 10.2. The van der Waals surface area contributed by atoms with Crippen LogP contribution in [0.15, 0.2) is 71.2 Å². The maximum atomic E-state index is 9.60. The molecule has 0 aliphatic carbocycles. The van der Waals surface area contributed by atoms with E-state index in [1.54, 1.807) is 12.1 Å². The van der Waals surface area contributed by atoms with Gasteiger partial charge in [0.05, 0.1) is 11.6 Å². The predicted octanol–water partition coefficient (Wildman–Crippen LogP) is 7.05. The first-order chi connectivity index (χ1) is 13.0. The Morgan fingerprint density at radius 2 is 1.78 bits per heavy atom. The second-order valence-electron chi connectivity index (χ2n) is 6.13. The van der Waals surface area contributed by atoms with Crippen molar-refractivity contribution in [3.8, 4) is 11.8 Å². The Balaban J connectivity index is 1.89. The third-order valence-electron chi connectivity index (χ3n) is 4.06. The van der Waals surface area contributed by atoms with Crippen LogP contribution in [0.4, 0.5) is 0 Å². The molecule has 0 saturated heterocycles. The highest BCUT2D eigenvalue weighted by Crippen LogP contribution is 2.29. The Morgan fingerprint density at radius 3 is 2.44 bits per heavy atom. The molecular weight excluding hydrogens is 422 g/mol. The Bertz CT molecular complexity index is 1000. The minimum atomic E-state index is 0.447. The summed E-state index contributed by atoms with van der Waals surface area (Å²) in [5.74, 6) is 0.685. The fourth-order valence-electron chi connectivity index (χ4n) is 2.57. The number of hydrogen-bond acceptors (Lipinski definition) is 2. The summed E-state index contributed by atoms with van der Waals surface area (Å²) >= 11 is 9.58. The maximum absolute atomic E-state index is 9.60. The number of hydrogen-bond donors (Lipinski definition) is 0. The zero-order chi connectivity index (χ0) is 19.2. The quantitative estimate of drug-likeness (QED) is 0.316. The van der Waals surface area contributed by atoms with Crippen molar-refractivity contribution in [2.45, 2.75) is 13.5 Å². The zero-order valence-corrected chi connectivity index (χ0v) is 17.1. The lowest BCUT2D eigenvalue weighted by Crippen LogP contribution is -1.97. The van der Waals surface area contributed by atoms with Crippen LogP contribution in [0.5, 0.6) is 5.75 Å². The smallest absolute Gasteiger partial charge is 0.127 e. The molecule has 4 heteroatoms. The predicted molar refractivity (Wildman–Crippen MR) is 115 cm³/mol. The minimum Gasteiger partial charge on any atom is -0.488 e. The Kier molecular flexibility index (Phi) is 6.34. The number of aryl methyl sites for hydroxylation is 1. The second-order valence-corrected chi connectivity index (χ2v) is 7.49. The summed E-state index contributed by atoms with van der Waals surface area (Å²) in [5.41, 5.74) is 4.45. The average molecular weight is 439 g/mol. The van der Waals surface area contributed by atoms with E-state index in [0.717, 1.165) is 21.2 Å². The molecule has 0 atom stereocenters. The van der Waals surface area contributed by atoms with Crippen LogP contribution in [-0.2, 0) is 6.61 Å². The van der Waals surface area contributed by atoms with Gasteiger partial charge in [0, 0.05) is 15.1 Å². The van der Waals surface area contributed by atoms with E-state index in [9.17, 15) is 5.26 Å². The van der Waals surface area contributed by atoms with Gasteiger partial charge in [0.15, 0.2) is 0 Å². The first-order valence-corrected chi connectivity index (χ1v) is 9.58. The molecule has 0 radical (unpaired) electrons. The number of benzene rings is 3. The van der Waals surface area contributed by atoms with Crippen LogP contribution in [0.3, 0.4) is 0 Å². The fourth-order valence-corrected chi connectivity index (χ4v) is 3.02. The molecule has 0 aromatic heterocycles. The highest BCUT2D eigenvalue weighted by molar-refractivity contribution is 9.10. The van der Waals surface area contributed by atoms with Gasteiger partial charge >= 0.3 is 0 Å². The van der Waals surface area contributed by atoms with Crippen molar-refractivity contribution in [2.24, 2.45) is 0 Å². The van der Waals surface area contributed by atoms with E-state index in [1.165, 1.54) is 5.56 Å². The summed E-state index contributed by atoms with van der Waals surface area (Å²) in [4.78, 5) is 0. The molecule has 0 saturated carbocycles. The molecule has 0 bridgehead atoms. The standard InChI is InChI=1S/C23H17BrClNO/c1-16-2-4-17(5-3-16)15-27-23-11-10-22(25)13-19(23)12-20(14-26)18-6-8-21(24)9-7-18/h2-13H,15H2,1H3/b20-12+. The van der Waals surface area contributed by atoms with Crippen LogP contribution in [0.1, 0.15) is 22.3 Å². The van der Waals surface area contributed by atoms with Gasteiger partial charge in [-0.15, -0.1) is 0 Å². The van der Waals surface area contributed by atoms with Crippen molar-refractivity contribution in [1.82, 2.24) is 0 Å². The van der Waals surface area contributed by atoms with Gasteiger partial charge in [-0.1, -0.05) is 69.5 Å². The van der Waals surface area contributed by atoms with Gasteiger partial charge in [0.2, 0.25) is 0 Å². The maximum Gasteiger partial charge on any atom is 0.127 e. The molecule has 27 heavy (non-hydrogen) atoms. The van der Waals surface area contributed by atoms with E-state index in [4.69, 9.17) is 16.3 Å². The minimum absolute atomic E-state index is 0.447. The SMILES string of the molecule is Cc1ccc(COc2ccc(Cl)cc2/C=C(\C#N)c2ccc(Br)cc2)cc1. The zero-order valence-electron chi connectivity index (χ0n) is 14.7. The van der Waals surface area contributed by atoms with Crippen LogP contribution < -0.4 is 4.74 Å². The van der Waals surface area contributed by atoms with Gasteiger partial charge in [-0.3, -0.25) is 0 Å². The second kappa shape index (κ2) is 8.90. The fraction of sp³-hybridized carbons (Fsp3) is 0.0870. The van der Waals surface area contributed by atoms with E-state index < -0.39 is 0 Å². The first kappa shape index (κ1) is 19.2. The molecule has 3 aromatic carbocycles. The third-order valence-corrected chi connectivity index (χ3v) is 4.83. The van der Waals surface area contributed by atoms with Gasteiger partial charge in [-0.05, 0) is 54.5 Å². The Labute approximate surface area is 172 Å². The molecule has 0 aliphatic heterocycles. The average Bonchev–Trinajstić information content (AvgIpc) is 2.67. The molecule has 0 aliphatic rings. The molecule has 0 heterocycles. The van der Waals surface area contributed by atoms with Crippen molar-refractivity contribution < 1.29 is 4.74 Å². The van der Waals surface area contributed by atoms with Crippen molar-refractivity contribution in [1.29, 1.82) is 5.26 Å². The number of nitriles is 1. The molecule has 2 nitrogen and oxygen atoms in total. The largest absolute Gasteiger partial charge is 0.488 e. The number of halogens is 2. The van der Waals surface area contributed by atoms with Gasteiger partial charge in [-0.2, -0.15) is 5.26 Å². The van der Waals surface area contributed by atoms with E-state index in [-0.39, 0.29) is 0 Å². The molecule has 0 fully saturated rings. The summed E-state index contributed by atoms with van der Waals surface area (Å²) in [7, 11) is 0.